The third kappa shape index (κ3) is 4.07. The molecule has 2 aromatic carbocycles. The molecule has 0 bridgehead atoms. The first-order valence-corrected chi connectivity index (χ1v) is 7.96. The molecular formula is C13H10Cl2FNO3S. The van der Waals surface area contributed by atoms with Gasteiger partial charge in [0.15, 0.2) is 0 Å². The molecule has 0 saturated carbocycles. The van der Waals surface area contributed by atoms with E-state index < -0.39 is 15.8 Å². The van der Waals surface area contributed by atoms with Crippen LogP contribution in [0.5, 0.6) is 5.75 Å². The van der Waals surface area contributed by atoms with Crippen LogP contribution in [-0.2, 0) is 16.6 Å². The summed E-state index contributed by atoms with van der Waals surface area (Å²) in [6.45, 7) is 0.106. The van der Waals surface area contributed by atoms with E-state index >= 15 is 0 Å². The van der Waals surface area contributed by atoms with Crippen LogP contribution in [0.15, 0.2) is 41.3 Å². The first kappa shape index (κ1) is 16.0. The van der Waals surface area contributed by atoms with Gasteiger partial charge in [0.05, 0.1) is 14.9 Å². The first-order valence-electron chi connectivity index (χ1n) is 5.66. The Kier molecular flexibility index (Phi) is 4.73. The molecule has 0 aliphatic carbocycles. The second-order valence-electron chi connectivity index (χ2n) is 4.17. The summed E-state index contributed by atoms with van der Waals surface area (Å²) in [6, 6.07) is 8.06. The predicted molar refractivity (Wildman–Crippen MR) is 78.6 cm³/mol. The molecule has 112 valence electrons. The summed E-state index contributed by atoms with van der Waals surface area (Å²) in [5.74, 6) is -0.236. The van der Waals surface area contributed by atoms with E-state index in [-0.39, 0.29) is 27.3 Å². The van der Waals surface area contributed by atoms with Gasteiger partial charge in [-0.05, 0) is 35.9 Å². The van der Waals surface area contributed by atoms with Gasteiger partial charge in [-0.1, -0.05) is 29.3 Å². The van der Waals surface area contributed by atoms with Crippen molar-refractivity contribution in [2.45, 2.75) is 11.5 Å². The SMILES string of the molecule is NS(=O)(=O)c1ccc(OCc2ccc(F)c(Cl)c2)c(Cl)c1. The molecule has 0 saturated heterocycles. The highest BCUT2D eigenvalue weighted by atomic mass is 35.5. The number of benzene rings is 2. The Morgan fingerprint density at radius 2 is 1.81 bits per heavy atom. The zero-order chi connectivity index (χ0) is 15.6. The van der Waals surface area contributed by atoms with Crippen LogP contribution in [0.2, 0.25) is 10.0 Å². The van der Waals surface area contributed by atoms with Crippen molar-refractivity contribution in [1.29, 1.82) is 0 Å². The maximum Gasteiger partial charge on any atom is 0.238 e. The summed E-state index contributed by atoms with van der Waals surface area (Å²) in [5, 5.41) is 5.09. The standard InChI is InChI=1S/C13H10Cl2FNO3S/c14-10-5-8(1-3-12(10)16)7-20-13-4-2-9(6-11(13)15)21(17,18)19/h1-6H,7H2,(H2,17,18,19). The molecule has 0 atom stereocenters. The first-order chi connectivity index (χ1) is 9.77. The van der Waals surface area contributed by atoms with Crippen LogP contribution in [0.3, 0.4) is 0 Å². The summed E-state index contributed by atoms with van der Waals surface area (Å²) < 4.78 is 40.8. The Hall–Kier alpha value is -1.34. The van der Waals surface area contributed by atoms with Crippen molar-refractivity contribution in [3.63, 3.8) is 0 Å². The van der Waals surface area contributed by atoms with Gasteiger partial charge in [0.1, 0.15) is 18.2 Å². The van der Waals surface area contributed by atoms with Crippen LogP contribution in [0.4, 0.5) is 4.39 Å². The number of sulfonamides is 1. The van der Waals surface area contributed by atoms with E-state index in [1.54, 1.807) is 0 Å². The fourth-order valence-corrected chi connectivity index (χ4v) is 2.61. The zero-order valence-corrected chi connectivity index (χ0v) is 12.8. The molecule has 0 aromatic heterocycles. The zero-order valence-electron chi connectivity index (χ0n) is 10.5. The van der Waals surface area contributed by atoms with Gasteiger partial charge in [0.2, 0.25) is 10.0 Å². The maximum absolute atomic E-state index is 13.0. The quantitative estimate of drug-likeness (QED) is 0.919. The van der Waals surface area contributed by atoms with Gasteiger partial charge in [-0.15, -0.1) is 0 Å². The third-order valence-corrected chi connectivity index (χ3v) is 4.11. The van der Waals surface area contributed by atoms with E-state index in [9.17, 15) is 12.8 Å². The number of halogens is 3. The molecular weight excluding hydrogens is 340 g/mol. The van der Waals surface area contributed by atoms with Crippen molar-refractivity contribution in [3.8, 4) is 5.75 Å². The summed E-state index contributed by atoms with van der Waals surface area (Å²) in [6.07, 6.45) is 0. The summed E-state index contributed by atoms with van der Waals surface area (Å²) in [5.41, 5.74) is 0.646. The molecule has 0 spiro atoms. The van der Waals surface area contributed by atoms with Gasteiger partial charge in [0, 0.05) is 0 Å². The minimum atomic E-state index is -3.82. The topological polar surface area (TPSA) is 69.4 Å². The van der Waals surface area contributed by atoms with Crippen molar-refractivity contribution >= 4 is 33.2 Å². The minimum absolute atomic E-state index is 0.00762. The van der Waals surface area contributed by atoms with E-state index in [4.69, 9.17) is 33.1 Å². The minimum Gasteiger partial charge on any atom is -0.487 e. The Morgan fingerprint density at radius 3 is 2.38 bits per heavy atom. The molecule has 0 heterocycles. The molecule has 0 radical (unpaired) electrons. The third-order valence-electron chi connectivity index (χ3n) is 2.61. The second-order valence-corrected chi connectivity index (χ2v) is 6.55. The number of primary sulfonamides is 1. The van der Waals surface area contributed by atoms with E-state index in [1.165, 1.54) is 36.4 Å². The van der Waals surface area contributed by atoms with Crippen molar-refractivity contribution in [1.82, 2.24) is 0 Å². The van der Waals surface area contributed by atoms with Gasteiger partial charge in [-0.25, -0.2) is 17.9 Å². The molecule has 21 heavy (non-hydrogen) atoms. The maximum atomic E-state index is 13.0. The summed E-state index contributed by atoms with van der Waals surface area (Å²) >= 11 is 11.6. The molecule has 0 fully saturated rings. The lowest BCUT2D eigenvalue weighted by atomic mass is 10.2. The monoisotopic (exact) mass is 349 g/mol. The van der Waals surface area contributed by atoms with Crippen LogP contribution >= 0.6 is 23.2 Å². The predicted octanol–water partition coefficient (Wildman–Crippen LogP) is 3.36. The van der Waals surface area contributed by atoms with Crippen LogP contribution in [0, 0.1) is 5.82 Å². The van der Waals surface area contributed by atoms with E-state index in [0.29, 0.717) is 5.56 Å². The van der Waals surface area contributed by atoms with Gasteiger partial charge >= 0.3 is 0 Å². The van der Waals surface area contributed by atoms with Crippen molar-refractivity contribution in [2.24, 2.45) is 5.14 Å². The van der Waals surface area contributed by atoms with Crippen molar-refractivity contribution in [3.05, 3.63) is 57.8 Å². The molecule has 2 N–H and O–H groups in total. The molecule has 0 unspecified atom stereocenters. The number of rotatable bonds is 4. The van der Waals surface area contributed by atoms with Gasteiger partial charge in [-0.3, -0.25) is 0 Å². The van der Waals surface area contributed by atoms with Crippen LogP contribution < -0.4 is 9.88 Å². The van der Waals surface area contributed by atoms with E-state index in [1.807, 2.05) is 0 Å². The second kappa shape index (κ2) is 6.19. The van der Waals surface area contributed by atoms with Gasteiger partial charge < -0.3 is 4.74 Å². The Bertz CT molecular complexity index is 781. The molecule has 2 aromatic rings. The highest BCUT2D eigenvalue weighted by Gasteiger charge is 2.11. The number of nitrogens with two attached hydrogens (primary N) is 1. The molecule has 0 aliphatic heterocycles. The number of ether oxygens (including phenoxy) is 1. The molecule has 2 rings (SSSR count). The highest BCUT2D eigenvalue weighted by Crippen LogP contribution is 2.28. The average Bonchev–Trinajstić information content (AvgIpc) is 2.40. The molecule has 0 aliphatic rings. The average molecular weight is 350 g/mol. The van der Waals surface area contributed by atoms with Crippen molar-refractivity contribution in [2.75, 3.05) is 0 Å². The highest BCUT2D eigenvalue weighted by molar-refractivity contribution is 7.89. The van der Waals surface area contributed by atoms with E-state index in [2.05, 4.69) is 0 Å². The largest absolute Gasteiger partial charge is 0.487 e. The van der Waals surface area contributed by atoms with Gasteiger partial charge in [-0.2, -0.15) is 0 Å². The Balaban J connectivity index is 2.15. The van der Waals surface area contributed by atoms with Crippen LogP contribution in [0.25, 0.3) is 0 Å². The fourth-order valence-electron chi connectivity index (χ4n) is 1.57. The lowest BCUT2D eigenvalue weighted by molar-refractivity contribution is 0.306. The van der Waals surface area contributed by atoms with Crippen molar-refractivity contribution < 1.29 is 17.5 Å². The molecule has 4 nitrogen and oxygen atoms in total. The fraction of sp³-hybridized carbons (Fsp3) is 0.0769. The van der Waals surface area contributed by atoms with Crippen LogP contribution in [0.1, 0.15) is 5.56 Å². The number of hydrogen-bond acceptors (Lipinski definition) is 3. The Labute approximate surface area is 131 Å². The summed E-state index contributed by atoms with van der Waals surface area (Å²) in [4.78, 5) is -0.107. The normalized spacial score (nSPS) is 11.4. The van der Waals surface area contributed by atoms with E-state index in [0.717, 1.165) is 0 Å². The molecule has 0 amide bonds. The van der Waals surface area contributed by atoms with Crippen LogP contribution in [-0.4, -0.2) is 8.42 Å². The molecule has 8 heteroatoms. The lowest BCUT2D eigenvalue weighted by Crippen LogP contribution is -2.12. The smallest absolute Gasteiger partial charge is 0.238 e. The van der Waals surface area contributed by atoms with Gasteiger partial charge in [0.25, 0.3) is 0 Å². The summed E-state index contributed by atoms with van der Waals surface area (Å²) in [7, 11) is -3.82. The number of hydrogen-bond donors (Lipinski definition) is 1. The lowest BCUT2D eigenvalue weighted by Gasteiger charge is -2.09. The Morgan fingerprint density at radius 1 is 1.10 bits per heavy atom.